The Bertz CT molecular complexity index is 550. The molecule has 21 heavy (non-hydrogen) atoms. The lowest BCUT2D eigenvalue weighted by Crippen LogP contribution is -2.34. The third-order valence-electron chi connectivity index (χ3n) is 3.80. The molecule has 3 nitrogen and oxygen atoms in total. The maximum absolute atomic E-state index is 5.96. The minimum absolute atomic E-state index is 0.175. The van der Waals surface area contributed by atoms with Crippen molar-refractivity contribution in [3.05, 3.63) is 42.2 Å². The summed E-state index contributed by atoms with van der Waals surface area (Å²) in [5.41, 5.74) is 1.24. The number of fused-ring (bicyclic) bond motifs is 1. The van der Waals surface area contributed by atoms with Crippen molar-refractivity contribution in [1.82, 2.24) is 10.3 Å². The van der Waals surface area contributed by atoms with Crippen LogP contribution < -0.4 is 5.32 Å². The van der Waals surface area contributed by atoms with Gasteiger partial charge in [0.25, 0.3) is 0 Å². The summed E-state index contributed by atoms with van der Waals surface area (Å²) in [6.45, 7) is 8.14. The molecule has 0 aliphatic carbocycles. The van der Waals surface area contributed by atoms with E-state index in [9.17, 15) is 0 Å². The first-order valence-corrected chi connectivity index (χ1v) is 7.99. The molecule has 1 N–H and O–H groups in total. The Balaban J connectivity index is 2.42. The molecule has 2 atom stereocenters. The van der Waals surface area contributed by atoms with Crippen molar-refractivity contribution in [1.29, 1.82) is 0 Å². The van der Waals surface area contributed by atoms with Crippen LogP contribution >= 0.6 is 0 Å². The number of aromatic nitrogens is 1. The lowest BCUT2D eigenvalue weighted by atomic mass is 9.96. The number of benzene rings is 1. The predicted molar refractivity (Wildman–Crippen MR) is 88.5 cm³/mol. The van der Waals surface area contributed by atoms with Crippen LogP contribution in [0.4, 0.5) is 0 Å². The van der Waals surface area contributed by atoms with Crippen molar-refractivity contribution >= 4 is 10.8 Å². The molecule has 0 aliphatic rings. The van der Waals surface area contributed by atoms with Crippen LogP contribution in [0.5, 0.6) is 0 Å². The number of rotatable bonds is 8. The molecule has 1 heterocycles. The van der Waals surface area contributed by atoms with Crippen molar-refractivity contribution < 1.29 is 4.74 Å². The Hall–Kier alpha value is -1.45. The van der Waals surface area contributed by atoms with E-state index in [1.807, 2.05) is 12.4 Å². The second kappa shape index (κ2) is 8.11. The van der Waals surface area contributed by atoms with E-state index in [1.165, 1.54) is 16.3 Å². The van der Waals surface area contributed by atoms with Crippen LogP contribution in [0.15, 0.2) is 36.7 Å². The van der Waals surface area contributed by atoms with Gasteiger partial charge in [0.15, 0.2) is 0 Å². The van der Waals surface area contributed by atoms with E-state index in [0.29, 0.717) is 0 Å². The topological polar surface area (TPSA) is 34.2 Å². The fourth-order valence-electron chi connectivity index (χ4n) is 2.79. The summed E-state index contributed by atoms with van der Waals surface area (Å²) in [5.74, 6) is 0. The van der Waals surface area contributed by atoms with E-state index in [0.717, 1.165) is 26.0 Å². The molecule has 114 valence electrons. The molecule has 0 saturated heterocycles. The molecule has 0 saturated carbocycles. The third-order valence-corrected chi connectivity index (χ3v) is 3.80. The normalized spacial score (nSPS) is 14.2. The van der Waals surface area contributed by atoms with Gasteiger partial charge in [0.05, 0.1) is 12.1 Å². The second-order valence-electron chi connectivity index (χ2n) is 5.28. The number of hydrogen-bond donors (Lipinski definition) is 1. The van der Waals surface area contributed by atoms with Gasteiger partial charge in [-0.25, -0.2) is 0 Å². The number of pyridine rings is 1. The van der Waals surface area contributed by atoms with Crippen molar-refractivity contribution in [2.75, 3.05) is 13.2 Å². The molecular weight excluding hydrogens is 260 g/mol. The highest BCUT2D eigenvalue weighted by Gasteiger charge is 2.23. The first-order chi connectivity index (χ1) is 10.3. The molecule has 0 fully saturated rings. The highest BCUT2D eigenvalue weighted by molar-refractivity contribution is 5.85. The standard InChI is InChI=1S/C18H26N2O/c1-4-11-20-18(17(5-2)21-6-3)16-13-19-12-14-9-7-8-10-15(14)16/h7-10,12-13,17-18,20H,4-6,11H2,1-3H3. The van der Waals surface area contributed by atoms with Crippen LogP contribution in [-0.4, -0.2) is 24.2 Å². The summed E-state index contributed by atoms with van der Waals surface area (Å²) in [6.07, 6.45) is 6.18. The molecular formula is C18H26N2O. The molecule has 1 aromatic heterocycles. The fourth-order valence-corrected chi connectivity index (χ4v) is 2.79. The van der Waals surface area contributed by atoms with Gasteiger partial charge in [-0.1, -0.05) is 38.1 Å². The van der Waals surface area contributed by atoms with Crippen molar-refractivity contribution in [2.45, 2.75) is 45.8 Å². The minimum atomic E-state index is 0.175. The average Bonchev–Trinajstić information content (AvgIpc) is 2.54. The summed E-state index contributed by atoms with van der Waals surface area (Å²) in [6, 6.07) is 8.62. The Morgan fingerprint density at radius 2 is 1.95 bits per heavy atom. The number of hydrogen-bond acceptors (Lipinski definition) is 3. The number of ether oxygens (including phenoxy) is 1. The SMILES string of the molecule is CCCNC(c1cncc2ccccc12)C(CC)OCC. The van der Waals surface area contributed by atoms with E-state index in [4.69, 9.17) is 4.74 Å². The summed E-state index contributed by atoms with van der Waals surface area (Å²) in [4.78, 5) is 4.42. The van der Waals surface area contributed by atoms with Gasteiger partial charge in [0.2, 0.25) is 0 Å². The lowest BCUT2D eigenvalue weighted by molar-refractivity contribution is 0.0317. The van der Waals surface area contributed by atoms with Crippen molar-refractivity contribution in [3.63, 3.8) is 0 Å². The van der Waals surface area contributed by atoms with E-state index < -0.39 is 0 Å². The van der Waals surface area contributed by atoms with Crippen LogP contribution in [0, 0.1) is 0 Å². The van der Waals surface area contributed by atoms with E-state index >= 15 is 0 Å². The fraction of sp³-hybridized carbons (Fsp3) is 0.500. The summed E-state index contributed by atoms with van der Waals surface area (Å²) < 4.78 is 5.96. The monoisotopic (exact) mass is 286 g/mol. The quantitative estimate of drug-likeness (QED) is 0.793. The average molecular weight is 286 g/mol. The van der Waals surface area contributed by atoms with Gasteiger partial charge in [0.1, 0.15) is 0 Å². The Kier molecular flexibility index (Phi) is 6.15. The first-order valence-electron chi connectivity index (χ1n) is 7.99. The highest BCUT2D eigenvalue weighted by atomic mass is 16.5. The molecule has 2 aromatic rings. The minimum Gasteiger partial charge on any atom is -0.377 e. The van der Waals surface area contributed by atoms with Gasteiger partial charge in [-0.15, -0.1) is 0 Å². The maximum atomic E-state index is 5.96. The van der Waals surface area contributed by atoms with Gasteiger partial charge < -0.3 is 10.1 Å². The van der Waals surface area contributed by atoms with Crippen LogP contribution in [0.1, 0.15) is 45.2 Å². The Labute approximate surface area is 127 Å². The largest absolute Gasteiger partial charge is 0.377 e. The van der Waals surface area contributed by atoms with Crippen molar-refractivity contribution in [2.24, 2.45) is 0 Å². The zero-order valence-corrected chi connectivity index (χ0v) is 13.3. The molecule has 2 unspecified atom stereocenters. The Morgan fingerprint density at radius 3 is 2.67 bits per heavy atom. The summed E-state index contributed by atoms with van der Waals surface area (Å²) in [5, 5.41) is 6.10. The van der Waals surface area contributed by atoms with Crippen molar-refractivity contribution in [3.8, 4) is 0 Å². The third kappa shape index (κ3) is 3.80. The molecule has 0 radical (unpaired) electrons. The molecule has 0 spiro atoms. The molecule has 1 aromatic carbocycles. The molecule has 0 amide bonds. The summed E-state index contributed by atoms with van der Waals surface area (Å²) >= 11 is 0. The van der Waals surface area contributed by atoms with Crippen LogP contribution in [0.3, 0.4) is 0 Å². The molecule has 3 heteroatoms. The van der Waals surface area contributed by atoms with Gasteiger partial charge in [0, 0.05) is 24.4 Å². The molecule has 0 aliphatic heterocycles. The van der Waals surface area contributed by atoms with E-state index in [1.54, 1.807) is 0 Å². The van der Waals surface area contributed by atoms with Gasteiger partial charge >= 0.3 is 0 Å². The van der Waals surface area contributed by atoms with Crippen LogP contribution in [0.2, 0.25) is 0 Å². The predicted octanol–water partition coefficient (Wildman–Crippen LogP) is 4.09. The lowest BCUT2D eigenvalue weighted by Gasteiger charge is -2.28. The van der Waals surface area contributed by atoms with Gasteiger partial charge in [-0.2, -0.15) is 0 Å². The first kappa shape index (κ1) is 15.9. The number of nitrogens with one attached hydrogen (secondary N) is 1. The second-order valence-corrected chi connectivity index (χ2v) is 5.28. The molecule has 2 rings (SSSR count). The molecule has 0 bridgehead atoms. The smallest absolute Gasteiger partial charge is 0.0767 e. The van der Waals surface area contributed by atoms with E-state index in [-0.39, 0.29) is 12.1 Å². The highest BCUT2D eigenvalue weighted by Crippen LogP contribution is 2.28. The zero-order valence-electron chi connectivity index (χ0n) is 13.3. The van der Waals surface area contributed by atoms with Crippen LogP contribution in [0.25, 0.3) is 10.8 Å². The van der Waals surface area contributed by atoms with Gasteiger partial charge in [-0.3, -0.25) is 4.98 Å². The number of nitrogens with zero attached hydrogens (tertiary/aromatic N) is 1. The van der Waals surface area contributed by atoms with Gasteiger partial charge in [-0.05, 0) is 37.3 Å². The zero-order chi connectivity index (χ0) is 15.1. The van der Waals surface area contributed by atoms with E-state index in [2.05, 4.69) is 55.3 Å². The van der Waals surface area contributed by atoms with Crippen LogP contribution in [-0.2, 0) is 4.74 Å². The Morgan fingerprint density at radius 1 is 1.14 bits per heavy atom. The summed E-state index contributed by atoms with van der Waals surface area (Å²) in [7, 11) is 0. The maximum Gasteiger partial charge on any atom is 0.0767 e.